The first-order chi connectivity index (χ1) is 12.0. The Morgan fingerprint density at radius 1 is 1.08 bits per heavy atom. The van der Waals surface area contributed by atoms with Gasteiger partial charge in [-0.1, -0.05) is 0 Å². The van der Waals surface area contributed by atoms with Crippen molar-refractivity contribution in [1.29, 1.82) is 0 Å². The zero-order valence-corrected chi connectivity index (χ0v) is 14.6. The lowest BCUT2D eigenvalue weighted by Crippen LogP contribution is -2.40. The van der Waals surface area contributed by atoms with Crippen LogP contribution in [0.3, 0.4) is 0 Å². The summed E-state index contributed by atoms with van der Waals surface area (Å²) in [4.78, 5) is 38.9. The van der Waals surface area contributed by atoms with E-state index in [4.69, 9.17) is 4.74 Å². The van der Waals surface area contributed by atoms with E-state index in [1.165, 1.54) is 6.92 Å². The van der Waals surface area contributed by atoms with Crippen molar-refractivity contribution >= 4 is 29.1 Å². The van der Waals surface area contributed by atoms with Crippen LogP contribution in [-0.2, 0) is 14.4 Å². The van der Waals surface area contributed by atoms with Crippen LogP contribution in [0.1, 0.15) is 26.7 Å². The van der Waals surface area contributed by atoms with Gasteiger partial charge in [0.05, 0.1) is 12.2 Å². The molecule has 1 aromatic carbocycles. The number of rotatable bonds is 2. The van der Waals surface area contributed by atoms with Gasteiger partial charge in [0.2, 0.25) is 17.7 Å². The second-order valence-electron chi connectivity index (χ2n) is 6.47. The van der Waals surface area contributed by atoms with E-state index in [9.17, 15) is 14.4 Å². The molecule has 2 aliphatic heterocycles. The molecule has 7 heteroatoms. The Labute approximate surface area is 146 Å². The van der Waals surface area contributed by atoms with Gasteiger partial charge in [0.25, 0.3) is 0 Å². The highest BCUT2D eigenvalue weighted by molar-refractivity contribution is 5.96. The molecule has 0 aromatic heterocycles. The fraction of sp³-hybridized carbons (Fsp3) is 0.500. The molecular formula is C18H23N3O4. The molecule has 2 heterocycles. The number of likely N-dealkylation sites (tertiary alicyclic amines) is 1. The Kier molecular flexibility index (Phi) is 4.92. The molecule has 0 bridgehead atoms. The van der Waals surface area contributed by atoms with Gasteiger partial charge in [-0.2, -0.15) is 0 Å². The first-order valence-corrected chi connectivity index (χ1v) is 8.57. The number of piperidine rings is 1. The zero-order chi connectivity index (χ0) is 18.0. The number of nitrogens with one attached hydrogen (secondary N) is 1. The maximum absolute atomic E-state index is 12.5. The van der Waals surface area contributed by atoms with Crippen LogP contribution in [0.15, 0.2) is 18.2 Å². The first-order valence-electron chi connectivity index (χ1n) is 8.57. The molecule has 0 radical (unpaired) electrons. The number of nitrogens with zero attached hydrogens (tertiary/aromatic N) is 2. The molecule has 3 amide bonds. The minimum absolute atomic E-state index is 0.0291. The summed E-state index contributed by atoms with van der Waals surface area (Å²) in [5.41, 5.74) is 1.38. The molecule has 0 saturated carbocycles. The minimum atomic E-state index is -0.0960. The van der Waals surface area contributed by atoms with E-state index in [0.29, 0.717) is 50.5 Å². The van der Waals surface area contributed by atoms with Crippen LogP contribution in [0.25, 0.3) is 0 Å². The number of hydrogen-bond donors (Lipinski definition) is 1. The lowest BCUT2D eigenvalue weighted by atomic mass is 9.96. The van der Waals surface area contributed by atoms with Crippen molar-refractivity contribution < 1.29 is 19.1 Å². The molecule has 3 rings (SSSR count). The van der Waals surface area contributed by atoms with Crippen LogP contribution >= 0.6 is 0 Å². The van der Waals surface area contributed by atoms with Crippen molar-refractivity contribution in [2.24, 2.45) is 5.92 Å². The van der Waals surface area contributed by atoms with Crippen LogP contribution < -0.4 is 15.0 Å². The molecule has 0 spiro atoms. The van der Waals surface area contributed by atoms with Gasteiger partial charge < -0.3 is 19.9 Å². The topological polar surface area (TPSA) is 79.0 Å². The summed E-state index contributed by atoms with van der Waals surface area (Å²) in [7, 11) is 0. The van der Waals surface area contributed by atoms with Crippen molar-refractivity contribution in [2.45, 2.75) is 26.7 Å². The van der Waals surface area contributed by atoms with Crippen LogP contribution in [0.4, 0.5) is 11.4 Å². The molecule has 0 atom stereocenters. The predicted molar refractivity (Wildman–Crippen MR) is 93.6 cm³/mol. The van der Waals surface area contributed by atoms with Gasteiger partial charge >= 0.3 is 0 Å². The maximum Gasteiger partial charge on any atom is 0.227 e. The second-order valence-corrected chi connectivity index (χ2v) is 6.47. The molecule has 1 saturated heterocycles. The van der Waals surface area contributed by atoms with Gasteiger partial charge in [0.1, 0.15) is 12.4 Å². The minimum Gasteiger partial charge on any atom is -0.489 e. The van der Waals surface area contributed by atoms with Crippen molar-refractivity contribution in [3.8, 4) is 5.75 Å². The summed E-state index contributed by atoms with van der Waals surface area (Å²) in [5, 5.41) is 2.92. The number of carbonyl (C=O) groups excluding carboxylic acids is 3. The third-order valence-corrected chi connectivity index (χ3v) is 4.78. The number of hydrogen-bond acceptors (Lipinski definition) is 4. The molecule has 7 nitrogen and oxygen atoms in total. The molecular weight excluding hydrogens is 322 g/mol. The standard InChI is InChI=1S/C18H23N3O4/c1-12(22)20-7-5-14(6-8-20)18(24)19-15-3-4-16-17(11-15)25-10-9-21(16)13(2)23/h3-4,11,14H,5-10H2,1-2H3,(H,19,24). The van der Waals surface area contributed by atoms with E-state index in [1.54, 1.807) is 34.9 Å². The van der Waals surface area contributed by atoms with E-state index < -0.39 is 0 Å². The highest BCUT2D eigenvalue weighted by Gasteiger charge is 2.27. The highest BCUT2D eigenvalue weighted by atomic mass is 16.5. The number of amides is 3. The van der Waals surface area contributed by atoms with E-state index >= 15 is 0 Å². The number of benzene rings is 1. The van der Waals surface area contributed by atoms with Crippen LogP contribution in [0, 0.1) is 5.92 Å². The van der Waals surface area contributed by atoms with E-state index in [2.05, 4.69) is 5.32 Å². The summed E-state index contributed by atoms with van der Waals surface area (Å²) < 4.78 is 5.62. The largest absolute Gasteiger partial charge is 0.489 e. The van der Waals surface area contributed by atoms with E-state index in [0.717, 1.165) is 5.69 Å². The molecule has 134 valence electrons. The monoisotopic (exact) mass is 345 g/mol. The molecule has 1 N–H and O–H groups in total. The fourth-order valence-corrected chi connectivity index (χ4v) is 3.33. The molecule has 1 fully saturated rings. The quantitative estimate of drug-likeness (QED) is 0.884. The summed E-state index contributed by atoms with van der Waals surface area (Å²) in [6.07, 6.45) is 1.34. The average Bonchev–Trinajstić information content (AvgIpc) is 2.61. The van der Waals surface area contributed by atoms with Crippen molar-refractivity contribution in [3.63, 3.8) is 0 Å². The Morgan fingerprint density at radius 3 is 2.44 bits per heavy atom. The highest BCUT2D eigenvalue weighted by Crippen LogP contribution is 2.34. The maximum atomic E-state index is 12.5. The Morgan fingerprint density at radius 2 is 1.80 bits per heavy atom. The van der Waals surface area contributed by atoms with Crippen LogP contribution in [0.5, 0.6) is 5.75 Å². The first kappa shape index (κ1) is 17.3. The summed E-state index contributed by atoms with van der Waals surface area (Å²) in [6, 6.07) is 5.34. The van der Waals surface area contributed by atoms with Crippen molar-refractivity contribution in [1.82, 2.24) is 4.90 Å². The summed E-state index contributed by atoms with van der Waals surface area (Å²) >= 11 is 0. The fourth-order valence-electron chi connectivity index (χ4n) is 3.33. The van der Waals surface area contributed by atoms with Crippen molar-refractivity contribution in [3.05, 3.63) is 18.2 Å². The Bertz CT molecular complexity index is 696. The lowest BCUT2D eigenvalue weighted by Gasteiger charge is -2.31. The predicted octanol–water partition coefficient (Wildman–Crippen LogP) is 1.63. The normalized spacial score (nSPS) is 17.5. The molecule has 2 aliphatic rings. The third-order valence-electron chi connectivity index (χ3n) is 4.78. The number of ether oxygens (including phenoxy) is 1. The molecule has 0 aliphatic carbocycles. The van der Waals surface area contributed by atoms with Crippen LogP contribution in [-0.4, -0.2) is 48.9 Å². The van der Waals surface area contributed by atoms with Gasteiger partial charge in [-0.3, -0.25) is 14.4 Å². The zero-order valence-electron chi connectivity index (χ0n) is 14.6. The third kappa shape index (κ3) is 3.75. The lowest BCUT2D eigenvalue weighted by molar-refractivity contribution is -0.132. The Balaban J connectivity index is 1.65. The van der Waals surface area contributed by atoms with Crippen molar-refractivity contribution in [2.75, 3.05) is 36.5 Å². The van der Waals surface area contributed by atoms with E-state index in [-0.39, 0.29) is 23.6 Å². The van der Waals surface area contributed by atoms with Gasteiger partial charge in [-0.05, 0) is 25.0 Å². The Hall–Kier alpha value is -2.57. The van der Waals surface area contributed by atoms with Crippen LogP contribution in [0.2, 0.25) is 0 Å². The molecule has 1 aromatic rings. The van der Waals surface area contributed by atoms with Gasteiger partial charge in [0.15, 0.2) is 0 Å². The number of fused-ring (bicyclic) bond motifs is 1. The smallest absolute Gasteiger partial charge is 0.227 e. The SMILES string of the molecule is CC(=O)N1CCC(C(=O)Nc2ccc3c(c2)OCCN3C(C)=O)CC1. The molecule has 0 unspecified atom stereocenters. The molecule has 25 heavy (non-hydrogen) atoms. The number of anilines is 2. The summed E-state index contributed by atoms with van der Waals surface area (Å²) in [6.45, 7) is 5.29. The average molecular weight is 345 g/mol. The van der Waals surface area contributed by atoms with Gasteiger partial charge in [-0.25, -0.2) is 0 Å². The summed E-state index contributed by atoms with van der Waals surface area (Å²) in [5.74, 6) is 0.494. The van der Waals surface area contributed by atoms with E-state index in [1.807, 2.05) is 0 Å². The van der Waals surface area contributed by atoms with Gasteiger partial charge in [0, 0.05) is 44.6 Å². The van der Waals surface area contributed by atoms with Gasteiger partial charge in [-0.15, -0.1) is 0 Å². The second kappa shape index (κ2) is 7.13. The number of carbonyl (C=O) groups is 3.